The third kappa shape index (κ3) is 3.52. The molecular weight excluding hydrogens is 372 g/mol. The highest BCUT2D eigenvalue weighted by Gasteiger charge is 2.41. The molecule has 0 radical (unpaired) electrons. The first-order valence-corrected chi connectivity index (χ1v) is 8.88. The first kappa shape index (κ1) is 17.1. The monoisotopic (exact) mass is 392 g/mol. The van der Waals surface area contributed by atoms with Crippen LogP contribution in [0.15, 0.2) is 33.8 Å². The molecule has 1 atom stereocenters. The van der Waals surface area contributed by atoms with Gasteiger partial charge in [-0.25, -0.2) is 4.98 Å². The number of hydrogen-bond acceptors (Lipinski definition) is 4. The molecule has 2 aromatic rings. The number of nitrogens with two attached hydrogens (primary N) is 1. The van der Waals surface area contributed by atoms with E-state index in [4.69, 9.17) is 5.73 Å². The van der Waals surface area contributed by atoms with Crippen LogP contribution in [-0.2, 0) is 11.3 Å². The van der Waals surface area contributed by atoms with E-state index in [0.29, 0.717) is 29.9 Å². The van der Waals surface area contributed by atoms with E-state index in [0.717, 1.165) is 17.3 Å². The van der Waals surface area contributed by atoms with Crippen molar-refractivity contribution < 1.29 is 4.79 Å². The van der Waals surface area contributed by atoms with E-state index in [1.165, 1.54) is 10.9 Å². The average Bonchev–Trinajstić information content (AvgIpc) is 3.40. The number of rotatable bonds is 6. The van der Waals surface area contributed by atoms with Gasteiger partial charge < -0.3 is 11.1 Å². The number of carbonyl (C=O) groups is 1. The van der Waals surface area contributed by atoms with Gasteiger partial charge >= 0.3 is 0 Å². The van der Waals surface area contributed by atoms with Crippen molar-refractivity contribution in [2.24, 2.45) is 11.7 Å². The Hall–Kier alpha value is -1.73. The number of halogens is 1. The maximum absolute atomic E-state index is 12.5. The van der Waals surface area contributed by atoms with Crippen molar-refractivity contribution in [3.63, 3.8) is 0 Å². The summed E-state index contributed by atoms with van der Waals surface area (Å²) >= 11 is 3.36. The fourth-order valence-electron chi connectivity index (χ4n) is 2.93. The standard InChI is InChI=1S/C17H21BrN4O2/c1-17(9-19,11-2-3-11)21-15(23)6-7-22-10-20-14-5-4-12(18)8-13(14)16(22)24/h4-5,8,10-11H,2-3,6-7,9,19H2,1H3,(H,21,23). The van der Waals surface area contributed by atoms with Gasteiger partial charge in [-0.05, 0) is 43.9 Å². The second-order valence-electron chi connectivity index (χ2n) is 6.60. The molecule has 0 aliphatic heterocycles. The lowest BCUT2D eigenvalue weighted by atomic mass is 9.96. The molecule has 1 aliphatic rings. The summed E-state index contributed by atoms with van der Waals surface area (Å²) in [5.41, 5.74) is 5.99. The van der Waals surface area contributed by atoms with Crippen LogP contribution < -0.4 is 16.6 Å². The summed E-state index contributed by atoms with van der Waals surface area (Å²) in [4.78, 5) is 29.0. The van der Waals surface area contributed by atoms with Crippen molar-refractivity contribution in [2.75, 3.05) is 6.54 Å². The fourth-order valence-corrected chi connectivity index (χ4v) is 3.29. The highest BCUT2D eigenvalue weighted by molar-refractivity contribution is 9.10. The normalized spacial score (nSPS) is 16.8. The Balaban J connectivity index is 1.70. The Morgan fingerprint density at radius 2 is 2.25 bits per heavy atom. The van der Waals surface area contributed by atoms with Crippen molar-refractivity contribution in [2.45, 2.75) is 38.3 Å². The minimum absolute atomic E-state index is 0.0870. The molecule has 6 nitrogen and oxygen atoms in total. The van der Waals surface area contributed by atoms with Gasteiger partial charge in [-0.2, -0.15) is 0 Å². The van der Waals surface area contributed by atoms with Crippen LogP contribution in [0.1, 0.15) is 26.2 Å². The van der Waals surface area contributed by atoms with E-state index in [-0.39, 0.29) is 23.4 Å². The summed E-state index contributed by atoms with van der Waals surface area (Å²) in [5.74, 6) is 0.380. The number of aromatic nitrogens is 2. The molecule has 0 saturated heterocycles. The third-order valence-electron chi connectivity index (χ3n) is 4.69. The third-order valence-corrected chi connectivity index (χ3v) is 5.19. The van der Waals surface area contributed by atoms with E-state index in [1.54, 1.807) is 12.1 Å². The van der Waals surface area contributed by atoms with E-state index >= 15 is 0 Å². The van der Waals surface area contributed by atoms with Crippen LogP contribution in [0.25, 0.3) is 10.9 Å². The predicted octanol–water partition coefficient (Wildman–Crippen LogP) is 1.79. The van der Waals surface area contributed by atoms with Crippen LogP contribution in [-0.4, -0.2) is 27.5 Å². The van der Waals surface area contributed by atoms with Crippen LogP contribution >= 0.6 is 15.9 Å². The van der Waals surface area contributed by atoms with Gasteiger partial charge in [-0.15, -0.1) is 0 Å². The maximum Gasteiger partial charge on any atom is 0.261 e. The van der Waals surface area contributed by atoms with Crippen LogP contribution in [0.2, 0.25) is 0 Å². The quantitative estimate of drug-likeness (QED) is 0.783. The van der Waals surface area contributed by atoms with Crippen molar-refractivity contribution >= 4 is 32.7 Å². The highest BCUT2D eigenvalue weighted by Crippen LogP contribution is 2.38. The number of amides is 1. The predicted molar refractivity (Wildman–Crippen MR) is 96.6 cm³/mol. The zero-order valence-corrected chi connectivity index (χ0v) is 15.2. The molecule has 1 amide bonds. The van der Waals surface area contributed by atoms with E-state index in [1.807, 2.05) is 13.0 Å². The Morgan fingerprint density at radius 1 is 1.50 bits per heavy atom. The average molecular weight is 393 g/mol. The Bertz CT molecular complexity index is 831. The maximum atomic E-state index is 12.5. The summed E-state index contributed by atoms with van der Waals surface area (Å²) in [6.07, 6.45) is 3.94. The van der Waals surface area contributed by atoms with Crippen molar-refractivity contribution in [1.82, 2.24) is 14.9 Å². The largest absolute Gasteiger partial charge is 0.349 e. The van der Waals surface area contributed by atoms with Crippen molar-refractivity contribution in [3.8, 4) is 0 Å². The molecule has 24 heavy (non-hydrogen) atoms. The van der Waals surface area contributed by atoms with Crippen LogP contribution in [0.3, 0.4) is 0 Å². The Kier molecular flexibility index (Phi) is 4.73. The molecule has 3 N–H and O–H groups in total. The van der Waals surface area contributed by atoms with Crippen LogP contribution in [0, 0.1) is 5.92 Å². The Morgan fingerprint density at radius 3 is 2.92 bits per heavy atom. The van der Waals surface area contributed by atoms with E-state index < -0.39 is 0 Å². The smallest absolute Gasteiger partial charge is 0.261 e. The van der Waals surface area contributed by atoms with Gasteiger partial charge in [0.1, 0.15) is 0 Å². The molecule has 1 unspecified atom stereocenters. The lowest BCUT2D eigenvalue weighted by Gasteiger charge is -2.29. The zero-order chi connectivity index (χ0) is 17.3. The molecule has 3 rings (SSSR count). The van der Waals surface area contributed by atoms with Crippen molar-refractivity contribution in [1.29, 1.82) is 0 Å². The lowest BCUT2D eigenvalue weighted by molar-refractivity contribution is -0.123. The molecule has 128 valence electrons. The van der Waals surface area contributed by atoms with Gasteiger partial charge in [-0.3, -0.25) is 14.2 Å². The fraction of sp³-hybridized carbons (Fsp3) is 0.471. The summed E-state index contributed by atoms with van der Waals surface area (Å²) in [6, 6.07) is 5.39. The molecule has 0 spiro atoms. The van der Waals surface area contributed by atoms with Gasteiger partial charge in [-0.1, -0.05) is 15.9 Å². The number of benzene rings is 1. The number of nitrogens with one attached hydrogen (secondary N) is 1. The topological polar surface area (TPSA) is 90.0 Å². The first-order valence-electron chi connectivity index (χ1n) is 8.09. The highest BCUT2D eigenvalue weighted by atomic mass is 79.9. The summed E-state index contributed by atoms with van der Waals surface area (Å²) in [6.45, 7) is 2.71. The minimum atomic E-state index is -0.339. The second-order valence-corrected chi connectivity index (χ2v) is 7.51. The molecule has 1 aliphatic carbocycles. The molecule has 1 fully saturated rings. The molecule has 1 heterocycles. The number of carbonyl (C=O) groups excluding carboxylic acids is 1. The number of hydrogen-bond donors (Lipinski definition) is 2. The molecule has 1 aromatic heterocycles. The molecule has 0 bridgehead atoms. The number of fused-ring (bicyclic) bond motifs is 1. The SMILES string of the molecule is CC(CN)(NC(=O)CCn1cnc2ccc(Br)cc2c1=O)C1CC1. The molecule has 7 heteroatoms. The van der Waals surface area contributed by atoms with Gasteiger partial charge in [0, 0.05) is 24.0 Å². The van der Waals surface area contributed by atoms with E-state index in [2.05, 4.69) is 26.2 Å². The molecule has 1 saturated carbocycles. The van der Waals surface area contributed by atoms with Gasteiger partial charge in [0.15, 0.2) is 0 Å². The van der Waals surface area contributed by atoms with Crippen molar-refractivity contribution in [3.05, 3.63) is 39.4 Å². The zero-order valence-electron chi connectivity index (χ0n) is 13.6. The van der Waals surface area contributed by atoms with Gasteiger partial charge in [0.25, 0.3) is 5.56 Å². The second kappa shape index (κ2) is 6.64. The Labute approximate surface area is 148 Å². The summed E-state index contributed by atoms with van der Waals surface area (Å²) in [5, 5.41) is 3.57. The molecule has 1 aromatic carbocycles. The lowest BCUT2D eigenvalue weighted by Crippen LogP contribution is -2.53. The van der Waals surface area contributed by atoms with E-state index in [9.17, 15) is 9.59 Å². The molecular formula is C17H21BrN4O2. The first-order chi connectivity index (χ1) is 11.4. The minimum Gasteiger partial charge on any atom is -0.349 e. The summed E-state index contributed by atoms with van der Waals surface area (Å²) in [7, 11) is 0. The van der Waals surface area contributed by atoms with Gasteiger partial charge in [0.2, 0.25) is 5.91 Å². The number of nitrogens with zero attached hydrogens (tertiary/aromatic N) is 2. The van der Waals surface area contributed by atoms with Gasteiger partial charge in [0.05, 0.1) is 22.8 Å². The van der Waals surface area contributed by atoms with Crippen LogP contribution in [0.4, 0.5) is 0 Å². The van der Waals surface area contributed by atoms with Crippen LogP contribution in [0.5, 0.6) is 0 Å². The number of aryl methyl sites for hydroxylation is 1. The summed E-state index contributed by atoms with van der Waals surface area (Å²) < 4.78 is 2.30.